The number of benzene rings is 2. The molecule has 0 fully saturated rings. The van der Waals surface area contributed by atoms with Crippen LogP contribution in [0.5, 0.6) is 5.75 Å². The van der Waals surface area contributed by atoms with Gasteiger partial charge in [0.15, 0.2) is 5.49 Å². The number of pyridine rings is 1. The van der Waals surface area contributed by atoms with Crippen molar-refractivity contribution < 1.29 is 23.9 Å². The molecule has 3 aromatic rings. The first-order valence-corrected chi connectivity index (χ1v) is 11.5. The van der Waals surface area contributed by atoms with E-state index in [9.17, 15) is 14.4 Å². The van der Waals surface area contributed by atoms with Crippen molar-refractivity contribution in [1.82, 2.24) is 4.73 Å². The molecule has 3 rings (SSSR count). The Balaban J connectivity index is 2.08. The first-order valence-electron chi connectivity index (χ1n) is 10.7. The minimum absolute atomic E-state index is 0.161. The predicted molar refractivity (Wildman–Crippen MR) is 129 cm³/mol. The van der Waals surface area contributed by atoms with E-state index < -0.39 is 12.0 Å². The average Bonchev–Trinajstić information content (AvgIpc) is 2.81. The lowest BCUT2D eigenvalue weighted by atomic mass is 10.0. The fraction of sp³-hybridized carbons (Fsp3) is 0.280. The van der Waals surface area contributed by atoms with E-state index in [0.29, 0.717) is 28.6 Å². The highest BCUT2D eigenvalue weighted by molar-refractivity contribution is 7.99. The summed E-state index contributed by atoms with van der Waals surface area (Å²) in [5.74, 6) is 0.0370. The largest absolute Gasteiger partial charge is 0.497 e. The van der Waals surface area contributed by atoms with E-state index in [1.54, 1.807) is 31.4 Å². The molecule has 9 heteroatoms. The van der Waals surface area contributed by atoms with Gasteiger partial charge in [-0.2, -0.15) is 4.73 Å². The maximum atomic E-state index is 13.7. The summed E-state index contributed by atoms with van der Waals surface area (Å²) in [6, 6.07) is 15.9. The molecule has 180 valence electrons. The summed E-state index contributed by atoms with van der Waals surface area (Å²) < 4.78 is 24.7. The van der Waals surface area contributed by atoms with Crippen LogP contribution in [0.2, 0.25) is 0 Å². The fourth-order valence-electron chi connectivity index (χ4n) is 3.23. The van der Waals surface area contributed by atoms with Crippen LogP contribution in [0.4, 0.5) is 15.8 Å². The molecule has 2 N–H and O–H groups in total. The highest BCUT2D eigenvalue weighted by atomic mass is 32.2. The SMILES string of the molecule is COC(=O)[C@H](CC(C)C)N=c1cc(Nc2cccc(F)c2)cc(Sc2ccc(OC)cc2)n1O. The highest BCUT2D eigenvalue weighted by Crippen LogP contribution is 2.30. The Morgan fingerprint density at radius 1 is 1.12 bits per heavy atom. The van der Waals surface area contributed by atoms with Gasteiger partial charge in [-0.15, -0.1) is 0 Å². The number of nitrogens with one attached hydrogen (secondary N) is 1. The van der Waals surface area contributed by atoms with Crippen molar-refractivity contribution in [3.8, 4) is 5.75 Å². The van der Waals surface area contributed by atoms with Crippen LogP contribution in [-0.4, -0.2) is 36.2 Å². The number of rotatable bonds is 9. The normalized spacial score (nSPS) is 12.5. The number of aromatic nitrogens is 1. The van der Waals surface area contributed by atoms with E-state index >= 15 is 0 Å². The molecular weight excluding hydrogens is 457 g/mol. The molecule has 0 saturated carbocycles. The number of methoxy groups -OCH3 is 2. The standard InChI is InChI=1S/C25H28FN3O4S/c1-16(2)12-22(25(30)33-4)28-23-14-19(27-18-7-5-6-17(26)13-18)15-24(29(23)31)34-21-10-8-20(32-3)9-11-21/h5-11,13-16,22,27,31H,12H2,1-4H3/t22-/m0/s1. The van der Waals surface area contributed by atoms with Crippen LogP contribution in [0.3, 0.4) is 0 Å². The number of anilines is 2. The molecule has 0 aliphatic heterocycles. The van der Waals surface area contributed by atoms with E-state index in [1.165, 1.54) is 31.0 Å². The molecule has 0 bridgehead atoms. The van der Waals surface area contributed by atoms with Crippen molar-refractivity contribution in [3.63, 3.8) is 0 Å². The van der Waals surface area contributed by atoms with Crippen molar-refractivity contribution in [2.24, 2.45) is 10.9 Å². The molecule has 0 spiro atoms. The zero-order valence-corrected chi connectivity index (χ0v) is 20.3. The molecule has 0 aliphatic rings. The Labute approximate surface area is 202 Å². The van der Waals surface area contributed by atoms with Crippen molar-refractivity contribution in [2.45, 2.75) is 36.2 Å². The summed E-state index contributed by atoms with van der Waals surface area (Å²) >= 11 is 1.30. The Hall–Kier alpha value is -3.46. The van der Waals surface area contributed by atoms with Gasteiger partial charge in [0.1, 0.15) is 22.6 Å². The maximum Gasteiger partial charge on any atom is 0.330 e. The molecule has 0 saturated heterocycles. The van der Waals surface area contributed by atoms with Crippen LogP contribution in [0.1, 0.15) is 20.3 Å². The summed E-state index contributed by atoms with van der Waals surface area (Å²) in [5, 5.41) is 14.5. The number of hydrogen-bond donors (Lipinski definition) is 2. The second-order valence-corrected chi connectivity index (χ2v) is 9.06. The van der Waals surface area contributed by atoms with Gasteiger partial charge in [-0.25, -0.2) is 9.18 Å². The lowest BCUT2D eigenvalue weighted by Gasteiger charge is -2.15. The number of nitrogens with zero attached hydrogens (tertiary/aromatic N) is 2. The maximum absolute atomic E-state index is 13.7. The molecule has 0 aliphatic carbocycles. The predicted octanol–water partition coefficient (Wildman–Crippen LogP) is 5.26. The van der Waals surface area contributed by atoms with E-state index in [0.717, 1.165) is 9.63 Å². The molecule has 1 heterocycles. The lowest BCUT2D eigenvalue weighted by molar-refractivity contribution is -0.142. The van der Waals surface area contributed by atoms with Gasteiger partial charge in [-0.05, 0) is 60.9 Å². The molecular formula is C25H28FN3O4S. The van der Waals surface area contributed by atoms with Crippen LogP contribution >= 0.6 is 11.8 Å². The Kier molecular flexibility index (Phi) is 8.59. The summed E-state index contributed by atoms with van der Waals surface area (Å²) in [4.78, 5) is 17.7. The zero-order chi connectivity index (χ0) is 24.7. The van der Waals surface area contributed by atoms with Crippen molar-refractivity contribution in [2.75, 3.05) is 19.5 Å². The number of hydrogen-bond acceptors (Lipinski definition) is 7. The van der Waals surface area contributed by atoms with E-state index in [4.69, 9.17) is 9.47 Å². The molecule has 34 heavy (non-hydrogen) atoms. The minimum atomic E-state index is -0.786. The van der Waals surface area contributed by atoms with Crippen molar-refractivity contribution >= 4 is 29.1 Å². The molecule has 0 unspecified atom stereocenters. The van der Waals surface area contributed by atoms with Crippen LogP contribution in [0.25, 0.3) is 0 Å². The number of ether oxygens (including phenoxy) is 2. The fourth-order valence-corrected chi connectivity index (χ4v) is 4.11. The Morgan fingerprint density at radius 3 is 2.47 bits per heavy atom. The summed E-state index contributed by atoms with van der Waals surface area (Å²) in [6.45, 7) is 3.96. The molecule has 7 nitrogen and oxygen atoms in total. The number of carbonyl (C=O) groups excluding carboxylic acids is 1. The smallest absolute Gasteiger partial charge is 0.330 e. The van der Waals surface area contributed by atoms with Crippen LogP contribution in [-0.2, 0) is 9.53 Å². The van der Waals surface area contributed by atoms with Gasteiger partial charge in [-0.3, -0.25) is 4.99 Å². The van der Waals surface area contributed by atoms with Crippen LogP contribution < -0.4 is 15.5 Å². The first-order chi connectivity index (χ1) is 16.3. The number of halogens is 1. The third kappa shape index (κ3) is 6.77. The van der Waals surface area contributed by atoms with Crippen LogP contribution in [0, 0.1) is 11.7 Å². The van der Waals surface area contributed by atoms with Gasteiger partial charge in [-0.1, -0.05) is 31.7 Å². The second-order valence-electron chi connectivity index (χ2n) is 7.96. The zero-order valence-electron chi connectivity index (χ0n) is 19.5. The van der Waals surface area contributed by atoms with Gasteiger partial charge >= 0.3 is 5.97 Å². The molecule has 0 radical (unpaired) electrons. The highest BCUT2D eigenvalue weighted by Gasteiger charge is 2.20. The summed E-state index contributed by atoms with van der Waals surface area (Å²) in [7, 11) is 2.90. The monoisotopic (exact) mass is 485 g/mol. The van der Waals surface area contributed by atoms with Gasteiger partial charge in [0, 0.05) is 22.3 Å². The van der Waals surface area contributed by atoms with Crippen molar-refractivity contribution in [3.05, 3.63) is 72.0 Å². The summed E-state index contributed by atoms with van der Waals surface area (Å²) in [6.07, 6.45) is 0.454. The van der Waals surface area contributed by atoms with E-state index in [-0.39, 0.29) is 17.2 Å². The minimum Gasteiger partial charge on any atom is -0.497 e. The number of esters is 1. The summed E-state index contributed by atoms with van der Waals surface area (Å²) in [5.41, 5.74) is 1.26. The quantitative estimate of drug-likeness (QED) is 0.318. The van der Waals surface area contributed by atoms with Gasteiger partial charge in [0.05, 0.1) is 14.2 Å². The van der Waals surface area contributed by atoms with Gasteiger partial charge < -0.3 is 20.0 Å². The topological polar surface area (TPSA) is 85.1 Å². The third-order valence-corrected chi connectivity index (χ3v) is 5.85. The van der Waals surface area contributed by atoms with Crippen LogP contribution in [0.15, 0.2) is 75.6 Å². The Bertz CT molecular complexity index is 1200. The lowest BCUT2D eigenvalue weighted by Crippen LogP contribution is -2.29. The van der Waals surface area contributed by atoms with Crippen molar-refractivity contribution in [1.29, 1.82) is 0 Å². The first kappa shape index (κ1) is 25.2. The second kappa shape index (κ2) is 11.6. The van der Waals surface area contributed by atoms with E-state index in [2.05, 4.69) is 10.3 Å². The molecule has 1 atom stereocenters. The van der Waals surface area contributed by atoms with Gasteiger partial charge in [0.2, 0.25) is 0 Å². The third-order valence-electron chi connectivity index (χ3n) is 4.84. The number of carbonyl (C=O) groups is 1. The van der Waals surface area contributed by atoms with Gasteiger partial charge in [0.25, 0.3) is 0 Å². The molecule has 1 aromatic heterocycles. The molecule has 2 aromatic carbocycles. The van der Waals surface area contributed by atoms with E-state index in [1.807, 2.05) is 38.1 Å². The average molecular weight is 486 g/mol. The Morgan fingerprint density at radius 2 is 1.85 bits per heavy atom. The molecule has 0 amide bonds.